The topological polar surface area (TPSA) is 43.8 Å². The van der Waals surface area contributed by atoms with Gasteiger partial charge in [0.25, 0.3) is 0 Å². The van der Waals surface area contributed by atoms with Gasteiger partial charge in [-0.1, -0.05) is 18.2 Å². The first kappa shape index (κ1) is 8.53. The summed E-state index contributed by atoms with van der Waals surface area (Å²) in [5.41, 5.74) is 8.31. The van der Waals surface area contributed by atoms with Crippen molar-refractivity contribution in [1.82, 2.24) is 9.78 Å². The number of aromatic nitrogens is 2. The summed E-state index contributed by atoms with van der Waals surface area (Å²) in [6.07, 6.45) is 4.41. The number of nitrogens with zero attached hydrogens (tertiary/aromatic N) is 2. The molecule has 0 bridgehead atoms. The Bertz CT molecular complexity index is 469. The molecule has 3 heteroatoms. The van der Waals surface area contributed by atoms with Crippen LogP contribution in [-0.4, -0.2) is 9.78 Å². The number of hydrogen-bond donors (Lipinski definition) is 1. The van der Waals surface area contributed by atoms with Crippen LogP contribution in [0.1, 0.15) is 24.3 Å². The molecular formula is C12H13N3. The van der Waals surface area contributed by atoms with Crippen LogP contribution >= 0.6 is 0 Å². The zero-order valence-corrected chi connectivity index (χ0v) is 8.43. The van der Waals surface area contributed by atoms with E-state index in [9.17, 15) is 0 Å². The zero-order chi connectivity index (χ0) is 10.3. The van der Waals surface area contributed by atoms with Crippen LogP contribution in [0.25, 0.3) is 5.69 Å². The van der Waals surface area contributed by atoms with Crippen LogP contribution < -0.4 is 5.73 Å². The van der Waals surface area contributed by atoms with Gasteiger partial charge in [0.05, 0.1) is 11.9 Å². The molecule has 0 spiro atoms. The first-order valence-corrected chi connectivity index (χ1v) is 5.25. The summed E-state index contributed by atoms with van der Waals surface area (Å²) >= 11 is 0. The van der Waals surface area contributed by atoms with E-state index in [1.807, 2.05) is 41.2 Å². The molecule has 1 aromatic carbocycles. The van der Waals surface area contributed by atoms with Gasteiger partial charge < -0.3 is 5.73 Å². The van der Waals surface area contributed by atoms with Crippen molar-refractivity contribution < 1.29 is 0 Å². The Morgan fingerprint density at radius 2 is 1.93 bits per heavy atom. The van der Waals surface area contributed by atoms with Gasteiger partial charge in [-0.05, 0) is 30.9 Å². The molecule has 1 aliphatic rings. The number of nitrogen functional groups attached to an aromatic ring is 1. The zero-order valence-electron chi connectivity index (χ0n) is 8.43. The lowest BCUT2D eigenvalue weighted by Gasteiger charge is -2.04. The Morgan fingerprint density at radius 1 is 1.20 bits per heavy atom. The van der Waals surface area contributed by atoms with E-state index in [0.29, 0.717) is 5.92 Å². The van der Waals surface area contributed by atoms with Crippen LogP contribution in [0.3, 0.4) is 0 Å². The van der Waals surface area contributed by atoms with Crippen molar-refractivity contribution in [3.05, 3.63) is 42.1 Å². The fraction of sp³-hybridized carbons (Fsp3) is 0.250. The number of hydrogen-bond acceptors (Lipinski definition) is 2. The van der Waals surface area contributed by atoms with E-state index in [0.717, 1.165) is 11.5 Å². The number of rotatable bonds is 2. The van der Waals surface area contributed by atoms with Gasteiger partial charge in [-0.25, -0.2) is 4.68 Å². The quantitative estimate of drug-likeness (QED) is 0.806. The molecule has 2 N–H and O–H groups in total. The van der Waals surface area contributed by atoms with Crippen molar-refractivity contribution in [2.24, 2.45) is 0 Å². The summed E-state index contributed by atoms with van der Waals surface area (Å²) in [5, 5.41) is 4.34. The van der Waals surface area contributed by atoms with E-state index >= 15 is 0 Å². The van der Waals surface area contributed by atoms with Crippen molar-refractivity contribution in [2.75, 3.05) is 5.73 Å². The highest BCUT2D eigenvalue weighted by Crippen LogP contribution is 2.42. The minimum Gasteiger partial charge on any atom is -0.383 e. The van der Waals surface area contributed by atoms with Gasteiger partial charge in [-0.15, -0.1) is 0 Å². The molecule has 3 nitrogen and oxygen atoms in total. The van der Waals surface area contributed by atoms with Crippen LogP contribution in [0.5, 0.6) is 0 Å². The summed E-state index contributed by atoms with van der Waals surface area (Å²) in [5.74, 6) is 1.45. The van der Waals surface area contributed by atoms with Gasteiger partial charge in [0.15, 0.2) is 0 Å². The SMILES string of the molecule is Nc1c(C2CC2)cnn1-c1ccccc1. The average Bonchev–Trinajstić information content (AvgIpc) is 3.04. The molecule has 1 aromatic heterocycles. The fourth-order valence-corrected chi connectivity index (χ4v) is 1.85. The van der Waals surface area contributed by atoms with E-state index in [2.05, 4.69) is 5.10 Å². The molecule has 1 aliphatic carbocycles. The van der Waals surface area contributed by atoms with Crippen LogP contribution in [-0.2, 0) is 0 Å². The molecule has 1 fully saturated rings. The smallest absolute Gasteiger partial charge is 0.130 e. The van der Waals surface area contributed by atoms with Crippen LogP contribution in [0.15, 0.2) is 36.5 Å². The minimum atomic E-state index is 0.655. The average molecular weight is 199 g/mol. The summed E-state index contributed by atoms with van der Waals surface area (Å²) in [6.45, 7) is 0. The molecule has 1 heterocycles. The third-order valence-corrected chi connectivity index (χ3v) is 2.85. The van der Waals surface area contributed by atoms with Crippen molar-refractivity contribution in [3.8, 4) is 5.69 Å². The van der Waals surface area contributed by atoms with Crippen molar-refractivity contribution in [3.63, 3.8) is 0 Å². The lowest BCUT2D eigenvalue weighted by Crippen LogP contribution is -2.02. The monoisotopic (exact) mass is 199 g/mol. The summed E-state index contributed by atoms with van der Waals surface area (Å²) in [6, 6.07) is 10.0. The molecule has 0 amide bonds. The maximum Gasteiger partial charge on any atom is 0.130 e. The molecular weight excluding hydrogens is 186 g/mol. The molecule has 76 valence electrons. The van der Waals surface area contributed by atoms with Gasteiger partial charge in [0, 0.05) is 5.56 Å². The Kier molecular flexibility index (Phi) is 1.78. The summed E-state index contributed by atoms with van der Waals surface area (Å²) in [7, 11) is 0. The Hall–Kier alpha value is -1.77. The second-order valence-electron chi connectivity index (χ2n) is 4.01. The molecule has 0 radical (unpaired) electrons. The van der Waals surface area contributed by atoms with E-state index in [4.69, 9.17) is 5.73 Å². The van der Waals surface area contributed by atoms with Gasteiger partial charge in [-0.2, -0.15) is 5.10 Å². The summed E-state index contributed by atoms with van der Waals surface area (Å²) in [4.78, 5) is 0. The molecule has 3 rings (SSSR count). The Labute approximate surface area is 88.5 Å². The maximum atomic E-state index is 6.08. The minimum absolute atomic E-state index is 0.655. The summed E-state index contributed by atoms with van der Waals surface area (Å²) < 4.78 is 1.81. The van der Waals surface area contributed by atoms with Crippen molar-refractivity contribution in [1.29, 1.82) is 0 Å². The molecule has 0 unspecified atom stereocenters. The molecule has 15 heavy (non-hydrogen) atoms. The lowest BCUT2D eigenvalue weighted by atomic mass is 10.2. The first-order chi connectivity index (χ1) is 7.36. The van der Waals surface area contributed by atoms with Crippen molar-refractivity contribution >= 4 is 5.82 Å². The number of para-hydroxylation sites is 1. The number of nitrogens with two attached hydrogens (primary N) is 1. The predicted octanol–water partition coefficient (Wildman–Crippen LogP) is 2.33. The van der Waals surface area contributed by atoms with E-state index in [1.165, 1.54) is 18.4 Å². The van der Waals surface area contributed by atoms with E-state index in [1.54, 1.807) is 0 Å². The highest BCUT2D eigenvalue weighted by Gasteiger charge is 2.27. The van der Waals surface area contributed by atoms with Crippen LogP contribution in [0, 0.1) is 0 Å². The van der Waals surface area contributed by atoms with E-state index in [-0.39, 0.29) is 0 Å². The normalized spacial score (nSPS) is 15.5. The Balaban J connectivity index is 2.05. The van der Waals surface area contributed by atoms with Crippen LogP contribution in [0.4, 0.5) is 5.82 Å². The largest absolute Gasteiger partial charge is 0.383 e. The molecule has 1 saturated carbocycles. The second-order valence-corrected chi connectivity index (χ2v) is 4.01. The number of anilines is 1. The van der Waals surface area contributed by atoms with Crippen LogP contribution in [0.2, 0.25) is 0 Å². The lowest BCUT2D eigenvalue weighted by molar-refractivity contribution is 0.891. The first-order valence-electron chi connectivity index (χ1n) is 5.25. The third-order valence-electron chi connectivity index (χ3n) is 2.85. The van der Waals surface area contributed by atoms with Crippen molar-refractivity contribution in [2.45, 2.75) is 18.8 Å². The van der Waals surface area contributed by atoms with Gasteiger partial charge in [0.1, 0.15) is 5.82 Å². The van der Waals surface area contributed by atoms with Gasteiger partial charge in [-0.3, -0.25) is 0 Å². The predicted molar refractivity (Wildman–Crippen MR) is 60.0 cm³/mol. The Morgan fingerprint density at radius 3 is 2.60 bits per heavy atom. The standard InChI is InChI=1S/C12H13N3/c13-12-11(9-6-7-9)8-14-15(12)10-4-2-1-3-5-10/h1-5,8-9H,6-7,13H2. The fourth-order valence-electron chi connectivity index (χ4n) is 1.85. The van der Waals surface area contributed by atoms with Gasteiger partial charge >= 0.3 is 0 Å². The third kappa shape index (κ3) is 1.40. The van der Waals surface area contributed by atoms with Gasteiger partial charge in [0.2, 0.25) is 0 Å². The maximum absolute atomic E-state index is 6.08. The second kappa shape index (κ2) is 3.12. The molecule has 2 aromatic rings. The van der Waals surface area contributed by atoms with E-state index < -0.39 is 0 Å². The highest BCUT2D eigenvalue weighted by atomic mass is 15.3. The molecule has 0 saturated heterocycles. The number of benzene rings is 1. The highest BCUT2D eigenvalue weighted by molar-refractivity contribution is 5.49. The molecule has 0 aliphatic heterocycles. The molecule has 0 atom stereocenters.